The Morgan fingerprint density at radius 3 is 1.09 bits per heavy atom. The van der Waals surface area contributed by atoms with Crippen LogP contribution in [0, 0.1) is 0 Å². The number of hydrogen-bond acceptors (Lipinski definition) is 1. The van der Waals surface area contributed by atoms with Crippen LogP contribution in [0.3, 0.4) is 0 Å². The molecule has 0 unspecified atom stereocenters. The third-order valence-electron chi connectivity index (χ3n) is 4.46. The Hall–Kier alpha value is 0.960. The van der Waals surface area contributed by atoms with Crippen molar-refractivity contribution in [1.29, 1.82) is 0 Å². The quantitative estimate of drug-likeness (QED) is 0.234. The van der Waals surface area contributed by atoms with Crippen molar-refractivity contribution in [3.05, 3.63) is 0 Å². The van der Waals surface area contributed by atoms with Crippen LogP contribution in [-0.2, 0) is 0 Å². The fraction of sp³-hybridized carbons (Fsp3) is 1.00. The zero-order valence-electron chi connectivity index (χ0n) is 15.2. The van der Waals surface area contributed by atoms with Crippen LogP contribution < -0.4 is 5.32 Å². The molecule has 0 aromatic heterocycles. The summed E-state index contributed by atoms with van der Waals surface area (Å²) in [5, 5.41) is 3.40. The van der Waals surface area contributed by atoms with Crippen molar-refractivity contribution < 1.29 is 0 Å². The van der Waals surface area contributed by atoms with Crippen LogP contribution >= 0.6 is 0 Å². The van der Waals surface area contributed by atoms with Gasteiger partial charge in [-0.1, -0.05) is 110 Å². The van der Waals surface area contributed by atoms with Gasteiger partial charge >= 0.3 is 29.6 Å². The van der Waals surface area contributed by atoms with Gasteiger partial charge in [0.15, 0.2) is 0 Å². The minimum absolute atomic E-state index is 0. The van der Waals surface area contributed by atoms with Gasteiger partial charge in [0.05, 0.1) is 0 Å². The molecule has 22 heavy (non-hydrogen) atoms. The Morgan fingerprint density at radius 2 is 0.773 bits per heavy atom. The molecule has 0 saturated carbocycles. The van der Waals surface area contributed by atoms with Crippen LogP contribution in [0.4, 0.5) is 0 Å². The first-order valence-corrected chi connectivity index (χ1v) is 10.1. The first-order valence-electron chi connectivity index (χ1n) is 10.1. The van der Waals surface area contributed by atoms with Gasteiger partial charge in [0.25, 0.3) is 0 Å². The maximum absolute atomic E-state index is 3.40. The molecule has 0 radical (unpaired) electrons. The molecule has 0 spiro atoms. The van der Waals surface area contributed by atoms with Crippen LogP contribution in [0.1, 0.15) is 117 Å². The van der Waals surface area contributed by atoms with Gasteiger partial charge in [-0.15, -0.1) is 0 Å². The molecule has 0 heterocycles. The van der Waals surface area contributed by atoms with Crippen molar-refractivity contribution in [2.75, 3.05) is 13.1 Å². The second-order valence-corrected chi connectivity index (χ2v) is 6.66. The monoisotopic (exact) mass is 321 g/mol. The van der Waals surface area contributed by atoms with Crippen LogP contribution in [0.15, 0.2) is 0 Å². The van der Waals surface area contributed by atoms with E-state index in [1.807, 2.05) is 0 Å². The summed E-state index contributed by atoms with van der Waals surface area (Å²) in [4.78, 5) is 0. The van der Waals surface area contributed by atoms with Crippen molar-refractivity contribution in [3.8, 4) is 0 Å². The van der Waals surface area contributed by atoms with E-state index in [0.717, 1.165) is 6.54 Å². The SMILES string of the molecule is CCCCCCCCCCCCCCCCCCNCC.[NaH]. The molecule has 0 aliphatic rings. The van der Waals surface area contributed by atoms with E-state index in [-0.39, 0.29) is 29.6 Å². The van der Waals surface area contributed by atoms with Gasteiger partial charge in [0.2, 0.25) is 0 Å². The van der Waals surface area contributed by atoms with Crippen molar-refractivity contribution in [2.45, 2.75) is 117 Å². The fourth-order valence-electron chi connectivity index (χ4n) is 2.97. The molecule has 0 bridgehead atoms. The first kappa shape index (κ1) is 25.2. The normalized spacial score (nSPS) is 10.6. The van der Waals surface area contributed by atoms with Crippen LogP contribution in [-0.4, -0.2) is 42.6 Å². The summed E-state index contributed by atoms with van der Waals surface area (Å²) < 4.78 is 0. The van der Waals surface area contributed by atoms with Gasteiger partial charge in [-0.3, -0.25) is 0 Å². The summed E-state index contributed by atoms with van der Waals surface area (Å²) in [6, 6.07) is 0. The fourth-order valence-corrected chi connectivity index (χ4v) is 2.97. The summed E-state index contributed by atoms with van der Waals surface area (Å²) in [6.07, 6.45) is 23.3. The van der Waals surface area contributed by atoms with Crippen molar-refractivity contribution >= 4 is 29.6 Å². The van der Waals surface area contributed by atoms with Gasteiger partial charge < -0.3 is 5.32 Å². The second-order valence-electron chi connectivity index (χ2n) is 6.66. The summed E-state index contributed by atoms with van der Waals surface area (Å²) in [5.74, 6) is 0. The van der Waals surface area contributed by atoms with E-state index in [1.165, 1.54) is 109 Å². The topological polar surface area (TPSA) is 12.0 Å². The van der Waals surface area contributed by atoms with Gasteiger partial charge in [-0.2, -0.15) is 0 Å². The summed E-state index contributed by atoms with van der Waals surface area (Å²) in [5.41, 5.74) is 0. The molecule has 0 atom stereocenters. The molecule has 1 N–H and O–H groups in total. The van der Waals surface area contributed by atoms with Crippen LogP contribution in [0.25, 0.3) is 0 Å². The van der Waals surface area contributed by atoms with Crippen LogP contribution in [0.5, 0.6) is 0 Å². The molecule has 0 aromatic carbocycles. The molecule has 0 aromatic rings. The standard InChI is InChI=1S/C20H43N.Na.H/c1-3-5-6-7-8-9-10-11-12-13-14-15-16-17-18-19-20-21-4-2;;/h21H,3-20H2,1-2H3;;. The molecule has 0 saturated heterocycles. The molecule has 2 heteroatoms. The van der Waals surface area contributed by atoms with Gasteiger partial charge in [-0.05, 0) is 19.5 Å². The number of rotatable bonds is 18. The van der Waals surface area contributed by atoms with Crippen molar-refractivity contribution in [3.63, 3.8) is 0 Å². The van der Waals surface area contributed by atoms with E-state index in [0.29, 0.717) is 0 Å². The molecular formula is C20H44NNa. The average Bonchev–Trinajstić information content (AvgIpc) is 2.50. The molecule has 0 fully saturated rings. The maximum atomic E-state index is 3.40. The van der Waals surface area contributed by atoms with E-state index < -0.39 is 0 Å². The van der Waals surface area contributed by atoms with Crippen molar-refractivity contribution in [1.82, 2.24) is 5.32 Å². The first-order chi connectivity index (χ1) is 10.4. The molecule has 0 rings (SSSR count). The number of hydrogen-bond donors (Lipinski definition) is 1. The molecule has 0 aliphatic carbocycles. The van der Waals surface area contributed by atoms with E-state index in [4.69, 9.17) is 0 Å². The predicted octanol–water partition coefficient (Wildman–Crippen LogP) is 6.21. The summed E-state index contributed by atoms with van der Waals surface area (Å²) >= 11 is 0. The van der Waals surface area contributed by atoms with E-state index >= 15 is 0 Å². The summed E-state index contributed by atoms with van der Waals surface area (Å²) in [7, 11) is 0. The molecule has 1 nitrogen and oxygen atoms in total. The zero-order chi connectivity index (χ0) is 15.4. The molecule has 0 amide bonds. The predicted molar refractivity (Wildman–Crippen MR) is 105 cm³/mol. The number of unbranched alkanes of at least 4 members (excludes halogenated alkanes) is 15. The number of nitrogens with one attached hydrogen (secondary N) is 1. The third-order valence-corrected chi connectivity index (χ3v) is 4.46. The van der Waals surface area contributed by atoms with E-state index in [1.54, 1.807) is 0 Å². The second kappa shape index (κ2) is 24.2. The van der Waals surface area contributed by atoms with E-state index in [2.05, 4.69) is 19.2 Å². The van der Waals surface area contributed by atoms with Crippen molar-refractivity contribution in [2.24, 2.45) is 0 Å². The Labute approximate surface area is 164 Å². The zero-order valence-corrected chi connectivity index (χ0v) is 15.2. The van der Waals surface area contributed by atoms with Gasteiger partial charge in [-0.25, -0.2) is 0 Å². The van der Waals surface area contributed by atoms with Gasteiger partial charge in [0.1, 0.15) is 0 Å². The third kappa shape index (κ3) is 23.2. The molecule has 0 aliphatic heterocycles. The van der Waals surface area contributed by atoms with Crippen LogP contribution in [0.2, 0.25) is 0 Å². The minimum atomic E-state index is 0. The Kier molecular flexibility index (Phi) is 27.7. The Bertz CT molecular complexity index is 155. The van der Waals surface area contributed by atoms with Gasteiger partial charge in [0, 0.05) is 0 Å². The Morgan fingerprint density at radius 1 is 0.455 bits per heavy atom. The average molecular weight is 322 g/mol. The Balaban J connectivity index is 0. The molecular weight excluding hydrogens is 277 g/mol. The van der Waals surface area contributed by atoms with E-state index in [9.17, 15) is 0 Å². The molecule has 130 valence electrons. The summed E-state index contributed by atoms with van der Waals surface area (Å²) in [6.45, 7) is 6.82.